The average molecular weight is 747 g/mol. The van der Waals surface area contributed by atoms with Crippen LogP contribution < -0.4 is 10.6 Å². The maximum Gasteiger partial charge on any atom is 0.339 e. The van der Waals surface area contributed by atoms with E-state index in [0.29, 0.717) is 24.8 Å². The molecule has 0 saturated heterocycles. The highest BCUT2D eigenvalue weighted by Crippen LogP contribution is 2.76. The minimum atomic E-state index is -1.14. The van der Waals surface area contributed by atoms with Crippen molar-refractivity contribution in [3.63, 3.8) is 0 Å². The molecule has 54 heavy (non-hydrogen) atoms. The van der Waals surface area contributed by atoms with E-state index in [1.165, 1.54) is 17.7 Å². The molecule has 8 atom stereocenters. The lowest BCUT2D eigenvalue weighted by Crippen LogP contribution is -2.65. The van der Waals surface area contributed by atoms with Crippen LogP contribution in [0.3, 0.4) is 0 Å². The number of allylic oxidation sites excluding steroid dienone is 2. The van der Waals surface area contributed by atoms with Crippen LogP contribution in [0.5, 0.6) is 0 Å². The van der Waals surface area contributed by atoms with Crippen molar-refractivity contribution in [3.8, 4) is 0 Å². The van der Waals surface area contributed by atoms with Crippen LogP contribution in [0.15, 0.2) is 35.9 Å². The Morgan fingerprint density at radius 1 is 0.815 bits per heavy atom. The molecule has 0 spiro atoms. The number of esters is 1. The highest BCUT2D eigenvalue weighted by Gasteiger charge is 2.69. The van der Waals surface area contributed by atoms with Gasteiger partial charge in [-0.1, -0.05) is 72.2 Å². The average Bonchev–Trinajstić information content (AvgIpc) is 3.10. The first kappa shape index (κ1) is 40.0. The van der Waals surface area contributed by atoms with E-state index in [-0.39, 0.29) is 68.5 Å². The molecule has 296 valence electrons. The van der Waals surface area contributed by atoms with Crippen molar-refractivity contribution in [1.29, 1.82) is 0 Å². The first-order valence-corrected chi connectivity index (χ1v) is 20.2. The minimum Gasteiger partial charge on any atom is -0.480 e. The van der Waals surface area contributed by atoms with Gasteiger partial charge in [-0.05, 0) is 122 Å². The van der Waals surface area contributed by atoms with Crippen molar-refractivity contribution in [2.24, 2.45) is 50.2 Å². The molecule has 5 aliphatic carbocycles. The van der Waals surface area contributed by atoms with E-state index in [2.05, 4.69) is 65.2 Å². The number of hydrogen-bond acceptors (Lipinski definition) is 6. The number of fused-ring (bicyclic) bond motifs is 7. The molecule has 0 bridgehead atoms. The number of ether oxygens (including phenoxy) is 1. The van der Waals surface area contributed by atoms with Crippen molar-refractivity contribution in [1.82, 2.24) is 10.6 Å². The van der Waals surface area contributed by atoms with Gasteiger partial charge in [0.05, 0.1) is 16.5 Å². The zero-order chi connectivity index (χ0) is 39.5. The molecule has 10 nitrogen and oxygen atoms in total. The molecule has 1 aromatic carbocycles. The van der Waals surface area contributed by atoms with Gasteiger partial charge in [-0.2, -0.15) is 0 Å². The van der Waals surface area contributed by atoms with Gasteiger partial charge in [-0.25, -0.2) is 9.59 Å². The van der Waals surface area contributed by atoms with Gasteiger partial charge in [-0.15, -0.1) is 0 Å². The molecule has 10 heteroatoms. The molecule has 6 rings (SSSR count). The van der Waals surface area contributed by atoms with Gasteiger partial charge in [0.15, 0.2) is 0 Å². The maximum absolute atomic E-state index is 14.3. The molecule has 4 saturated carbocycles. The number of aromatic carboxylic acids is 1. The van der Waals surface area contributed by atoms with Crippen LogP contribution in [0.1, 0.15) is 146 Å². The normalized spacial score (nSPS) is 36.1. The van der Waals surface area contributed by atoms with Crippen molar-refractivity contribution in [2.75, 3.05) is 13.1 Å². The van der Waals surface area contributed by atoms with Gasteiger partial charge in [0, 0.05) is 18.4 Å². The highest BCUT2D eigenvalue weighted by atomic mass is 16.5. The number of carboxylic acid groups (broad SMARTS) is 2. The lowest BCUT2D eigenvalue weighted by Gasteiger charge is -2.71. The topological polar surface area (TPSA) is 159 Å². The third kappa shape index (κ3) is 6.57. The van der Waals surface area contributed by atoms with Crippen LogP contribution in [-0.4, -0.2) is 59.1 Å². The second kappa shape index (κ2) is 14.1. The Kier molecular flexibility index (Phi) is 10.4. The number of carboxylic acids is 2. The molecule has 4 fully saturated rings. The fraction of sp³-hybridized carbons (Fsp3) is 0.705. The van der Waals surface area contributed by atoms with Gasteiger partial charge in [-0.3, -0.25) is 14.4 Å². The summed E-state index contributed by atoms with van der Waals surface area (Å²) in [6.45, 7) is 16.6. The molecule has 0 aromatic heterocycles. The molecular weight excluding hydrogens is 684 g/mol. The monoisotopic (exact) mass is 746 g/mol. The molecule has 2 amide bonds. The minimum absolute atomic E-state index is 0.0118. The van der Waals surface area contributed by atoms with Crippen LogP contribution in [-0.2, 0) is 19.1 Å². The van der Waals surface area contributed by atoms with Crippen molar-refractivity contribution in [2.45, 2.75) is 132 Å². The van der Waals surface area contributed by atoms with E-state index in [4.69, 9.17) is 9.84 Å². The summed E-state index contributed by atoms with van der Waals surface area (Å²) in [5.74, 6) is -2.14. The molecule has 0 unspecified atom stereocenters. The summed E-state index contributed by atoms with van der Waals surface area (Å²) in [5, 5.41) is 24.2. The lowest BCUT2D eigenvalue weighted by molar-refractivity contribution is -0.204. The molecule has 1 aromatic rings. The summed E-state index contributed by atoms with van der Waals surface area (Å²) in [5.41, 5.74) is 0.817. The third-order valence-electron chi connectivity index (χ3n) is 16.0. The highest BCUT2D eigenvalue weighted by molar-refractivity contribution is 6.02. The summed E-state index contributed by atoms with van der Waals surface area (Å²) in [6, 6.07) is 6.28. The predicted octanol–water partition coefficient (Wildman–Crippen LogP) is 7.81. The number of aliphatic carboxylic acids is 1. The van der Waals surface area contributed by atoms with Crippen LogP contribution >= 0.6 is 0 Å². The zero-order valence-corrected chi connectivity index (χ0v) is 33.4. The van der Waals surface area contributed by atoms with Gasteiger partial charge < -0.3 is 25.6 Å². The van der Waals surface area contributed by atoms with Gasteiger partial charge >= 0.3 is 17.9 Å². The number of rotatable bonds is 10. The van der Waals surface area contributed by atoms with Crippen LogP contribution in [0.4, 0.5) is 0 Å². The van der Waals surface area contributed by atoms with E-state index in [9.17, 15) is 29.1 Å². The Labute approximate surface area is 320 Å². The van der Waals surface area contributed by atoms with Crippen LogP contribution in [0.2, 0.25) is 0 Å². The Bertz CT molecular complexity index is 1730. The van der Waals surface area contributed by atoms with Crippen molar-refractivity contribution >= 4 is 29.7 Å². The number of nitrogens with one attached hydrogen (secondary N) is 2. The second-order valence-electron chi connectivity index (χ2n) is 19.5. The fourth-order valence-corrected chi connectivity index (χ4v) is 12.8. The molecule has 0 heterocycles. The first-order chi connectivity index (χ1) is 25.2. The summed E-state index contributed by atoms with van der Waals surface area (Å²) in [7, 11) is 0. The first-order valence-electron chi connectivity index (χ1n) is 20.2. The Morgan fingerprint density at radius 2 is 1.50 bits per heavy atom. The van der Waals surface area contributed by atoms with Crippen molar-refractivity contribution < 1.29 is 38.9 Å². The largest absolute Gasteiger partial charge is 0.480 e. The third-order valence-corrected chi connectivity index (χ3v) is 16.0. The molecule has 0 aliphatic heterocycles. The number of carbonyl (C=O) groups excluding carboxylic acids is 3. The van der Waals surface area contributed by atoms with Crippen LogP contribution in [0.25, 0.3) is 0 Å². The summed E-state index contributed by atoms with van der Waals surface area (Å²) in [4.78, 5) is 62.6. The zero-order valence-electron chi connectivity index (χ0n) is 33.4. The molecule has 4 N–H and O–H groups in total. The Hall–Kier alpha value is -3.69. The van der Waals surface area contributed by atoms with E-state index in [1.807, 2.05) is 0 Å². The standard InChI is InChI=1S/C44H62N2O8/c1-39(2)20-22-44(38(53)45-24-10-13-34(47)46-26-35(48)49)23-21-42(6)29(30(44)25-39)14-15-32-41(5)18-17-33(40(3,4)31(41)16-19-43(32,42)7)54-37(52)28-12-9-8-11-27(28)36(50)51/h8-9,11-12,14,30-33H,10,13,15-26H2,1-7H3,(H,45,53)(H,46,47)(H,48,49)(H,50,51)/t30-,31-,32+,33-,41-,42+,43+,44-/m0/s1. The summed E-state index contributed by atoms with van der Waals surface area (Å²) in [6.07, 6.45) is 12.1. The van der Waals surface area contributed by atoms with E-state index in [1.54, 1.807) is 12.1 Å². The Morgan fingerprint density at radius 3 is 2.19 bits per heavy atom. The van der Waals surface area contributed by atoms with Crippen LogP contribution in [0, 0.1) is 50.2 Å². The SMILES string of the molecule is CC1(C)CC[C@]2(C(=O)NCCCC(=O)NCC(=O)O)CC[C@]3(C)C(=CC[C@@H]4[C@@]5(C)CC[C@H](OC(=O)c6ccccc6C(=O)O)C(C)(C)[C@@H]5CC[C@]43C)[C@@H]2C1. The van der Waals surface area contributed by atoms with Gasteiger partial charge in [0.2, 0.25) is 11.8 Å². The van der Waals surface area contributed by atoms with Gasteiger partial charge in [0.1, 0.15) is 12.6 Å². The van der Waals surface area contributed by atoms with E-state index >= 15 is 0 Å². The molecular formula is C44H62N2O8. The number of amides is 2. The molecule has 5 aliphatic rings. The predicted molar refractivity (Wildman–Crippen MR) is 205 cm³/mol. The van der Waals surface area contributed by atoms with Crippen molar-refractivity contribution in [3.05, 3.63) is 47.0 Å². The number of hydrogen-bond donors (Lipinski definition) is 4. The summed E-state index contributed by atoms with van der Waals surface area (Å²) >= 11 is 0. The molecule has 0 radical (unpaired) electrons. The van der Waals surface area contributed by atoms with Gasteiger partial charge in [0.25, 0.3) is 0 Å². The summed E-state index contributed by atoms with van der Waals surface area (Å²) < 4.78 is 6.23. The second-order valence-corrected chi connectivity index (χ2v) is 19.5. The van der Waals surface area contributed by atoms with E-state index in [0.717, 1.165) is 64.2 Å². The smallest absolute Gasteiger partial charge is 0.339 e. The Balaban J connectivity index is 1.22. The number of carbonyl (C=O) groups is 5. The maximum atomic E-state index is 14.3. The quantitative estimate of drug-likeness (QED) is 0.107. The van der Waals surface area contributed by atoms with E-state index < -0.39 is 29.9 Å². The lowest BCUT2D eigenvalue weighted by atomic mass is 9.33. The number of benzene rings is 1. The fourth-order valence-electron chi connectivity index (χ4n) is 12.8.